The van der Waals surface area contributed by atoms with Crippen molar-refractivity contribution in [2.24, 2.45) is 0 Å². The highest BCUT2D eigenvalue weighted by Gasteiger charge is 2.62. The van der Waals surface area contributed by atoms with Crippen LogP contribution in [0.25, 0.3) is 0 Å². The van der Waals surface area contributed by atoms with E-state index in [-0.39, 0.29) is 5.54 Å². The minimum Gasteiger partial charge on any atom is -0.389 e. The maximum Gasteiger partial charge on any atom is 0.502 e. The predicted molar refractivity (Wildman–Crippen MR) is 91.9 cm³/mol. The summed E-state index contributed by atoms with van der Waals surface area (Å²) in [6.07, 6.45) is 0.944. The zero-order chi connectivity index (χ0) is 16.8. The zero-order valence-electron chi connectivity index (χ0n) is 14.9. The molecule has 1 saturated carbocycles. The summed E-state index contributed by atoms with van der Waals surface area (Å²) in [4.78, 5) is 11.2. The summed E-state index contributed by atoms with van der Waals surface area (Å²) >= 11 is 0. The lowest BCUT2D eigenvalue weighted by atomic mass is 10.1. The van der Waals surface area contributed by atoms with E-state index in [1.165, 1.54) is 11.1 Å². The maximum absolute atomic E-state index is 11.2. The summed E-state index contributed by atoms with van der Waals surface area (Å²) in [6, 6.07) is 8.40. The van der Waals surface area contributed by atoms with Gasteiger partial charge in [0, 0.05) is 5.54 Å². The van der Waals surface area contributed by atoms with Crippen LogP contribution < -0.4 is 0 Å². The molecule has 124 valence electrons. The zero-order valence-corrected chi connectivity index (χ0v) is 15.9. The van der Waals surface area contributed by atoms with Gasteiger partial charge in [-0.05, 0) is 71.9 Å². The van der Waals surface area contributed by atoms with Crippen LogP contribution in [0.4, 0.5) is 0 Å². The molecule has 1 aromatic rings. The van der Waals surface area contributed by atoms with Gasteiger partial charge in [-0.2, -0.15) is 0 Å². The minimum absolute atomic E-state index is 0.104. The molecule has 3 nitrogen and oxygen atoms in total. The van der Waals surface area contributed by atoms with Gasteiger partial charge < -0.3 is 13.6 Å². The molecule has 0 saturated heterocycles. The Balaban J connectivity index is 2.23. The van der Waals surface area contributed by atoms with Crippen molar-refractivity contribution >= 4 is 8.80 Å². The number of hydrogen-bond donors (Lipinski definition) is 1. The minimum atomic E-state index is -3.26. The van der Waals surface area contributed by atoms with Crippen LogP contribution in [-0.2, 0) is 8.85 Å². The van der Waals surface area contributed by atoms with E-state index >= 15 is 0 Å². The molecular weight excluding hydrogens is 292 g/mol. The Morgan fingerprint density at radius 2 is 1.50 bits per heavy atom. The Labute approximate surface area is 136 Å². The van der Waals surface area contributed by atoms with Crippen molar-refractivity contribution in [1.82, 2.24) is 0 Å². The van der Waals surface area contributed by atoms with E-state index in [1.807, 2.05) is 41.5 Å². The molecule has 22 heavy (non-hydrogen) atoms. The van der Waals surface area contributed by atoms with Gasteiger partial charge in [-0.15, -0.1) is 0 Å². The first kappa shape index (κ1) is 17.7. The van der Waals surface area contributed by atoms with Gasteiger partial charge in [-0.3, -0.25) is 0 Å². The standard InChI is InChI=1S/C18H30O3Si/c1-13-10-8-9-11-14(13)15-12-16(15)22(19,20-17(2,3)4)21-18(5,6)7/h8-11,15-16,19H,12H2,1-7H3/t15-,16+/m1/s1. The summed E-state index contributed by atoms with van der Waals surface area (Å²) in [5.74, 6) is 0.350. The fraction of sp³-hybridized carbons (Fsp3) is 0.667. The van der Waals surface area contributed by atoms with E-state index in [1.54, 1.807) is 0 Å². The highest BCUT2D eigenvalue weighted by Crippen LogP contribution is 2.59. The Morgan fingerprint density at radius 3 is 1.95 bits per heavy atom. The smallest absolute Gasteiger partial charge is 0.389 e. The van der Waals surface area contributed by atoms with Crippen molar-refractivity contribution in [2.45, 2.75) is 77.5 Å². The van der Waals surface area contributed by atoms with Crippen LogP contribution in [0.1, 0.15) is 65.0 Å². The molecule has 1 aliphatic carbocycles. The third kappa shape index (κ3) is 4.41. The third-order valence-corrected chi connectivity index (χ3v) is 7.14. The fourth-order valence-electron chi connectivity index (χ4n) is 2.99. The molecule has 0 bridgehead atoms. The van der Waals surface area contributed by atoms with E-state index in [2.05, 4.69) is 31.2 Å². The summed E-state index contributed by atoms with van der Waals surface area (Å²) in [6.45, 7) is 14.0. The lowest BCUT2D eigenvalue weighted by molar-refractivity contribution is -0.0285. The largest absolute Gasteiger partial charge is 0.502 e. The van der Waals surface area contributed by atoms with Crippen molar-refractivity contribution in [3.63, 3.8) is 0 Å². The average Bonchev–Trinajstić information content (AvgIpc) is 3.04. The highest BCUT2D eigenvalue weighted by atomic mass is 28.4. The molecule has 1 fully saturated rings. The van der Waals surface area contributed by atoms with Crippen molar-refractivity contribution < 1.29 is 13.6 Å². The summed E-state index contributed by atoms with van der Waals surface area (Å²) < 4.78 is 12.2. The summed E-state index contributed by atoms with van der Waals surface area (Å²) in [5, 5.41) is 0. The van der Waals surface area contributed by atoms with Gasteiger partial charge in [-0.1, -0.05) is 24.3 Å². The molecule has 1 aromatic carbocycles. The van der Waals surface area contributed by atoms with Crippen LogP contribution in [-0.4, -0.2) is 24.8 Å². The van der Waals surface area contributed by atoms with E-state index < -0.39 is 20.0 Å². The average molecular weight is 323 g/mol. The predicted octanol–water partition coefficient (Wildman–Crippen LogP) is 4.41. The Morgan fingerprint density at radius 1 is 1.00 bits per heavy atom. The molecule has 1 N–H and O–H groups in total. The molecule has 2 atom stereocenters. The van der Waals surface area contributed by atoms with Gasteiger partial charge in [0.1, 0.15) is 0 Å². The molecule has 0 radical (unpaired) electrons. The maximum atomic E-state index is 11.2. The Kier molecular flexibility index (Phi) is 4.62. The van der Waals surface area contributed by atoms with Crippen molar-refractivity contribution in [3.8, 4) is 0 Å². The number of aryl methyl sites for hydroxylation is 1. The number of hydrogen-bond acceptors (Lipinski definition) is 3. The van der Waals surface area contributed by atoms with E-state index in [4.69, 9.17) is 8.85 Å². The van der Waals surface area contributed by atoms with Gasteiger partial charge >= 0.3 is 8.80 Å². The van der Waals surface area contributed by atoms with Crippen LogP contribution in [0.2, 0.25) is 5.54 Å². The molecule has 0 unspecified atom stereocenters. The van der Waals surface area contributed by atoms with Crippen LogP contribution in [0.5, 0.6) is 0 Å². The first-order valence-corrected chi connectivity index (χ1v) is 9.94. The summed E-state index contributed by atoms with van der Waals surface area (Å²) in [5.41, 5.74) is 1.87. The normalized spacial score (nSPS) is 22.7. The number of benzene rings is 1. The van der Waals surface area contributed by atoms with E-state index in [0.29, 0.717) is 5.92 Å². The van der Waals surface area contributed by atoms with Crippen LogP contribution in [0.15, 0.2) is 24.3 Å². The van der Waals surface area contributed by atoms with Gasteiger partial charge in [0.25, 0.3) is 0 Å². The van der Waals surface area contributed by atoms with Gasteiger partial charge in [0.05, 0.1) is 11.2 Å². The van der Waals surface area contributed by atoms with Crippen molar-refractivity contribution in [1.29, 1.82) is 0 Å². The van der Waals surface area contributed by atoms with Gasteiger partial charge in [-0.25, -0.2) is 0 Å². The lowest BCUT2D eigenvalue weighted by Crippen LogP contribution is -2.52. The molecule has 0 spiro atoms. The molecule has 0 amide bonds. The van der Waals surface area contributed by atoms with E-state index in [0.717, 1.165) is 6.42 Å². The third-order valence-electron chi connectivity index (χ3n) is 3.75. The topological polar surface area (TPSA) is 38.7 Å². The fourth-order valence-corrected chi connectivity index (χ4v) is 6.33. The van der Waals surface area contributed by atoms with Crippen LogP contribution in [0.3, 0.4) is 0 Å². The van der Waals surface area contributed by atoms with Gasteiger partial charge in [0.2, 0.25) is 0 Å². The molecule has 0 aromatic heterocycles. The Bertz CT molecular complexity index is 512. The van der Waals surface area contributed by atoms with Gasteiger partial charge in [0.15, 0.2) is 0 Å². The molecule has 0 heterocycles. The lowest BCUT2D eigenvalue weighted by Gasteiger charge is -2.37. The first-order chi connectivity index (χ1) is 9.91. The molecule has 1 aliphatic rings. The SMILES string of the molecule is Cc1ccccc1[C@H]1C[C@@H]1[Si](O)(OC(C)(C)C)OC(C)(C)C. The van der Waals surface area contributed by atoms with Crippen LogP contribution in [0, 0.1) is 6.92 Å². The number of rotatable bonds is 4. The second kappa shape index (κ2) is 5.75. The quantitative estimate of drug-likeness (QED) is 0.834. The molecule has 4 heteroatoms. The molecule has 0 aliphatic heterocycles. The second-order valence-corrected chi connectivity index (χ2v) is 10.8. The molecule has 2 rings (SSSR count). The van der Waals surface area contributed by atoms with Crippen LogP contribution >= 0.6 is 0 Å². The highest BCUT2D eigenvalue weighted by molar-refractivity contribution is 6.62. The molecular formula is C18H30O3Si. The summed E-state index contributed by atoms with van der Waals surface area (Å²) in [7, 11) is -3.26. The first-order valence-electron chi connectivity index (χ1n) is 8.09. The van der Waals surface area contributed by atoms with Crippen molar-refractivity contribution in [2.75, 3.05) is 0 Å². The Hall–Kier alpha value is -0.683. The monoisotopic (exact) mass is 322 g/mol. The van der Waals surface area contributed by atoms with E-state index in [9.17, 15) is 4.80 Å². The van der Waals surface area contributed by atoms with Crippen molar-refractivity contribution in [3.05, 3.63) is 35.4 Å². The second-order valence-electron chi connectivity index (χ2n) is 8.36.